The third-order valence-corrected chi connectivity index (χ3v) is 3.55. The number of halogens is 1. The molecule has 0 saturated heterocycles. The highest BCUT2D eigenvalue weighted by atomic mass is 35.5. The monoisotopic (exact) mass is 289 g/mol. The van der Waals surface area contributed by atoms with E-state index in [9.17, 15) is 0 Å². The Morgan fingerprint density at radius 3 is 2.65 bits per heavy atom. The van der Waals surface area contributed by atoms with Gasteiger partial charge in [-0.3, -0.25) is 5.10 Å². The number of nitrogens with zero attached hydrogens (tertiary/aromatic N) is 3. The Kier molecular flexibility index (Phi) is 3.14. The molecule has 0 spiro atoms. The van der Waals surface area contributed by atoms with Crippen molar-refractivity contribution >= 4 is 28.5 Å². The smallest absolute Gasteiger partial charge is 0.182 e. The highest BCUT2D eigenvalue weighted by Gasteiger charge is 2.18. The normalized spacial score (nSPS) is 11.6. The Morgan fingerprint density at radius 2 is 2.00 bits per heavy atom. The van der Waals surface area contributed by atoms with Crippen molar-refractivity contribution in [1.82, 2.24) is 20.0 Å². The van der Waals surface area contributed by atoms with E-state index < -0.39 is 0 Å². The third kappa shape index (κ3) is 2.14. The largest absolute Gasteiger partial charge is 0.383 e. The van der Waals surface area contributed by atoms with Gasteiger partial charge >= 0.3 is 0 Å². The number of benzene rings is 1. The van der Waals surface area contributed by atoms with Gasteiger partial charge in [-0.1, -0.05) is 37.6 Å². The first-order valence-electron chi connectivity index (χ1n) is 6.51. The molecule has 2 aromatic heterocycles. The van der Waals surface area contributed by atoms with Crippen molar-refractivity contribution in [2.45, 2.75) is 26.3 Å². The quantitative estimate of drug-likeness (QED) is 0.778. The SMILES string of the molecule is CC(C)c1nn(Cc2ccc(Cl)cc2)c2n[nH]c(N)c12. The van der Waals surface area contributed by atoms with Gasteiger partial charge in [-0.15, -0.1) is 0 Å². The number of anilines is 1. The molecule has 1 aromatic carbocycles. The summed E-state index contributed by atoms with van der Waals surface area (Å²) in [6, 6.07) is 7.72. The Morgan fingerprint density at radius 1 is 1.30 bits per heavy atom. The molecule has 5 nitrogen and oxygen atoms in total. The Balaban J connectivity index is 2.05. The maximum absolute atomic E-state index is 5.95. The van der Waals surface area contributed by atoms with Crippen LogP contribution in [0.4, 0.5) is 5.82 Å². The number of rotatable bonds is 3. The number of nitrogens with two attached hydrogens (primary N) is 1. The van der Waals surface area contributed by atoms with Crippen LogP contribution in [-0.4, -0.2) is 20.0 Å². The summed E-state index contributed by atoms with van der Waals surface area (Å²) in [6.45, 7) is 4.84. The van der Waals surface area contributed by atoms with E-state index >= 15 is 0 Å². The number of nitrogens with one attached hydrogen (secondary N) is 1. The molecule has 0 aliphatic heterocycles. The second-order valence-electron chi connectivity index (χ2n) is 5.16. The van der Waals surface area contributed by atoms with Crippen LogP contribution in [0.1, 0.15) is 31.0 Å². The van der Waals surface area contributed by atoms with Gasteiger partial charge in [-0.2, -0.15) is 10.2 Å². The second kappa shape index (κ2) is 4.83. The molecule has 0 aliphatic carbocycles. The molecule has 6 heteroatoms. The lowest BCUT2D eigenvalue weighted by molar-refractivity contribution is 0.666. The van der Waals surface area contributed by atoms with Gasteiger partial charge in [0.1, 0.15) is 5.82 Å². The summed E-state index contributed by atoms with van der Waals surface area (Å²) in [5.74, 6) is 0.870. The van der Waals surface area contributed by atoms with Gasteiger partial charge in [-0.05, 0) is 23.6 Å². The molecule has 3 aromatic rings. The molecular weight excluding hydrogens is 274 g/mol. The summed E-state index contributed by atoms with van der Waals surface area (Å²) >= 11 is 5.90. The summed E-state index contributed by atoms with van der Waals surface area (Å²) in [5, 5.41) is 13.4. The first kappa shape index (κ1) is 13.0. The number of hydrogen-bond acceptors (Lipinski definition) is 3. The van der Waals surface area contributed by atoms with Gasteiger partial charge in [0.2, 0.25) is 0 Å². The molecule has 20 heavy (non-hydrogen) atoms. The van der Waals surface area contributed by atoms with Crippen LogP contribution < -0.4 is 5.73 Å². The molecule has 0 atom stereocenters. The molecule has 0 radical (unpaired) electrons. The van der Waals surface area contributed by atoms with Crippen LogP contribution in [0, 0.1) is 0 Å². The average Bonchev–Trinajstić information content (AvgIpc) is 2.95. The van der Waals surface area contributed by atoms with E-state index in [0.29, 0.717) is 18.3 Å². The highest BCUT2D eigenvalue weighted by Crippen LogP contribution is 2.28. The van der Waals surface area contributed by atoms with E-state index in [2.05, 4.69) is 29.1 Å². The molecule has 0 unspecified atom stereocenters. The maximum Gasteiger partial charge on any atom is 0.182 e. The third-order valence-electron chi connectivity index (χ3n) is 3.30. The van der Waals surface area contributed by atoms with E-state index in [-0.39, 0.29) is 0 Å². The van der Waals surface area contributed by atoms with E-state index in [4.69, 9.17) is 17.3 Å². The molecule has 3 rings (SSSR count). The summed E-state index contributed by atoms with van der Waals surface area (Å²) in [5.41, 5.74) is 8.84. The lowest BCUT2D eigenvalue weighted by Crippen LogP contribution is -2.03. The second-order valence-corrected chi connectivity index (χ2v) is 5.60. The van der Waals surface area contributed by atoms with Gasteiger partial charge in [0.25, 0.3) is 0 Å². The highest BCUT2D eigenvalue weighted by molar-refractivity contribution is 6.30. The van der Waals surface area contributed by atoms with Gasteiger partial charge in [-0.25, -0.2) is 4.68 Å². The van der Waals surface area contributed by atoms with Crippen LogP contribution in [-0.2, 0) is 6.54 Å². The van der Waals surface area contributed by atoms with Crippen molar-refractivity contribution in [3.63, 3.8) is 0 Å². The summed E-state index contributed by atoms with van der Waals surface area (Å²) in [4.78, 5) is 0. The standard InChI is InChI=1S/C14H16ClN5/c1-8(2)12-11-13(16)17-18-14(11)20(19-12)7-9-3-5-10(15)6-4-9/h3-6,8H,7H2,1-2H3,(H3,16,17,18). The van der Waals surface area contributed by atoms with Crippen LogP contribution in [0.5, 0.6) is 0 Å². The van der Waals surface area contributed by atoms with Gasteiger partial charge in [0, 0.05) is 5.02 Å². The van der Waals surface area contributed by atoms with Crippen molar-refractivity contribution in [2.24, 2.45) is 0 Å². The molecule has 104 valence electrons. The zero-order valence-electron chi connectivity index (χ0n) is 11.4. The van der Waals surface area contributed by atoms with E-state index in [0.717, 1.165) is 27.3 Å². The predicted molar refractivity (Wildman–Crippen MR) is 80.9 cm³/mol. The topological polar surface area (TPSA) is 72.5 Å². The van der Waals surface area contributed by atoms with E-state index in [1.807, 2.05) is 28.9 Å². The van der Waals surface area contributed by atoms with Crippen LogP contribution in [0.3, 0.4) is 0 Å². The van der Waals surface area contributed by atoms with Crippen molar-refractivity contribution in [3.8, 4) is 0 Å². The number of H-pyrrole nitrogens is 1. The minimum atomic E-state index is 0.295. The molecular formula is C14H16ClN5. The van der Waals surface area contributed by atoms with Crippen LogP contribution >= 0.6 is 11.6 Å². The zero-order valence-corrected chi connectivity index (χ0v) is 12.1. The minimum absolute atomic E-state index is 0.295. The number of aromatic amines is 1. The molecule has 0 amide bonds. The molecule has 0 bridgehead atoms. The number of fused-ring (bicyclic) bond motifs is 1. The predicted octanol–water partition coefficient (Wildman–Crippen LogP) is 3.17. The van der Waals surface area contributed by atoms with E-state index in [1.54, 1.807) is 0 Å². The van der Waals surface area contributed by atoms with Gasteiger partial charge < -0.3 is 5.73 Å². The maximum atomic E-state index is 5.95. The molecule has 2 heterocycles. The van der Waals surface area contributed by atoms with Crippen molar-refractivity contribution in [1.29, 1.82) is 0 Å². The molecule has 0 fully saturated rings. The van der Waals surface area contributed by atoms with Crippen LogP contribution in [0.2, 0.25) is 5.02 Å². The van der Waals surface area contributed by atoms with Crippen molar-refractivity contribution in [3.05, 3.63) is 40.5 Å². The van der Waals surface area contributed by atoms with Crippen molar-refractivity contribution in [2.75, 3.05) is 5.73 Å². The van der Waals surface area contributed by atoms with Gasteiger partial charge in [0.15, 0.2) is 5.65 Å². The summed E-state index contributed by atoms with van der Waals surface area (Å²) in [7, 11) is 0. The number of aromatic nitrogens is 4. The first-order valence-corrected chi connectivity index (χ1v) is 6.88. The van der Waals surface area contributed by atoms with E-state index in [1.165, 1.54) is 0 Å². The van der Waals surface area contributed by atoms with Crippen LogP contribution in [0.25, 0.3) is 11.0 Å². The molecule has 0 aliphatic rings. The zero-order chi connectivity index (χ0) is 14.3. The van der Waals surface area contributed by atoms with Gasteiger partial charge in [0.05, 0.1) is 17.6 Å². The number of nitrogen functional groups attached to an aromatic ring is 1. The Hall–Kier alpha value is -2.01. The lowest BCUT2D eigenvalue weighted by atomic mass is 10.1. The fraction of sp³-hybridized carbons (Fsp3) is 0.286. The van der Waals surface area contributed by atoms with Crippen molar-refractivity contribution < 1.29 is 0 Å². The fourth-order valence-corrected chi connectivity index (χ4v) is 2.42. The number of hydrogen-bond donors (Lipinski definition) is 2. The fourth-order valence-electron chi connectivity index (χ4n) is 2.29. The minimum Gasteiger partial charge on any atom is -0.383 e. The average molecular weight is 290 g/mol. The summed E-state index contributed by atoms with van der Waals surface area (Å²) < 4.78 is 1.88. The van der Waals surface area contributed by atoms with Crippen LogP contribution in [0.15, 0.2) is 24.3 Å². The lowest BCUT2D eigenvalue weighted by Gasteiger charge is -2.03. The Bertz CT molecular complexity index is 739. The first-order chi connectivity index (χ1) is 9.56. The Labute approximate surface area is 121 Å². The molecule has 3 N–H and O–H groups in total. The molecule has 0 saturated carbocycles. The summed E-state index contributed by atoms with van der Waals surface area (Å²) in [6.07, 6.45) is 0.